The number of benzene rings is 3. The second-order valence-electron chi connectivity index (χ2n) is 4.58. The Morgan fingerprint density at radius 3 is 1.90 bits per heavy atom. The minimum atomic E-state index is 0.127. The fourth-order valence-corrected chi connectivity index (χ4v) is 2.40. The molecule has 0 fully saturated rings. The molecule has 98 valence electrons. The van der Waals surface area contributed by atoms with E-state index in [0.29, 0.717) is 5.02 Å². The van der Waals surface area contributed by atoms with E-state index < -0.39 is 0 Å². The van der Waals surface area contributed by atoms with E-state index in [1.54, 1.807) is 6.07 Å². The zero-order chi connectivity index (χ0) is 13.9. The number of halogens is 1. The van der Waals surface area contributed by atoms with Crippen molar-refractivity contribution < 1.29 is 5.11 Å². The van der Waals surface area contributed by atoms with Crippen LogP contribution in [0.5, 0.6) is 5.75 Å². The quantitative estimate of drug-likeness (QED) is 0.668. The maximum atomic E-state index is 10.0. The fourth-order valence-electron chi connectivity index (χ4n) is 2.22. The summed E-state index contributed by atoms with van der Waals surface area (Å²) in [6.07, 6.45) is 0. The maximum Gasteiger partial charge on any atom is 0.141 e. The largest absolute Gasteiger partial charge is 0.506 e. The van der Waals surface area contributed by atoms with Crippen molar-refractivity contribution >= 4 is 11.6 Å². The molecule has 3 aromatic rings. The van der Waals surface area contributed by atoms with Gasteiger partial charge in [0.15, 0.2) is 0 Å². The summed E-state index contributed by atoms with van der Waals surface area (Å²) in [5.41, 5.74) is 4.02. The van der Waals surface area contributed by atoms with E-state index >= 15 is 0 Å². The van der Waals surface area contributed by atoms with Gasteiger partial charge in [-0.3, -0.25) is 0 Å². The molecule has 1 N–H and O–H groups in total. The van der Waals surface area contributed by atoms with Gasteiger partial charge in [-0.1, -0.05) is 78.3 Å². The van der Waals surface area contributed by atoms with Gasteiger partial charge in [0.2, 0.25) is 0 Å². The van der Waals surface area contributed by atoms with Crippen LogP contribution in [0.25, 0.3) is 22.3 Å². The molecule has 0 bridgehead atoms. The molecule has 0 unspecified atom stereocenters. The van der Waals surface area contributed by atoms with Gasteiger partial charge in [0.1, 0.15) is 5.75 Å². The van der Waals surface area contributed by atoms with Gasteiger partial charge < -0.3 is 5.11 Å². The molecule has 3 rings (SSSR count). The van der Waals surface area contributed by atoms with Crippen LogP contribution >= 0.6 is 11.6 Å². The molecule has 0 aliphatic carbocycles. The Balaban J connectivity index is 2.00. The lowest BCUT2D eigenvalue weighted by Gasteiger charge is -2.07. The molecule has 0 atom stereocenters. The molecule has 1 nitrogen and oxygen atoms in total. The maximum absolute atomic E-state index is 10.0. The first-order valence-corrected chi connectivity index (χ1v) is 6.77. The van der Waals surface area contributed by atoms with Gasteiger partial charge in [-0.25, -0.2) is 0 Å². The highest BCUT2D eigenvalue weighted by Crippen LogP contribution is 2.35. The minimum Gasteiger partial charge on any atom is -0.506 e. The van der Waals surface area contributed by atoms with Crippen LogP contribution < -0.4 is 0 Å². The number of hydrogen-bond acceptors (Lipinski definition) is 1. The van der Waals surface area contributed by atoms with Crippen molar-refractivity contribution in [1.82, 2.24) is 0 Å². The molecule has 0 aliphatic rings. The van der Waals surface area contributed by atoms with Crippen molar-refractivity contribution in [2.75, 3.05) is 0 Å². The average Bonchev–Trinajstić information content (AvgIpc) is 2.51. The van der Waals surface area contributed by atoms with Crippen LogP contribution in [0.2, 0.25) is 5.02 Å². The minimum absolute atomic E-state index is 0.127. The van der Waals surface area contributed by atoms with Crippen molar-refractivity contribution in [2.24, 2.45) is 0 Å². The summed E-state index contributed by atoms with van der Waals surface area (Å²) in [6, 6.07) is 23.6. The van der Waals surface area contributed by atoms with Crippen molar-refractivity contribution in [3.8, 4) is 28.0 Å². The highest BCUT2D eigenvalue weighted by molar-refractivity contribution is 6.32. The molecule has 2 heteroatoms. The predicted octanol–water partition coefficient (Wildman–Crippen LogP) is 5.38. The molecular formula is C18H13ClO. The van der Waals surface area contributed by atoms with Crippen molar-refractivity contribution in [1.29, 1.82) is 0 Å². The first-order valence-electron chi connectivity index (χ1n) is 6.39. The van der Waals surface area contributed by atoms with Gasteiger partial charge in [-0.05, 0) is 22.8 Å². The smallest absolute Gasteiger partial charge is 0.141 e. The SMILES string of the molecule is Oc1c(Cl)cccc1-c1ccc(-c2ccccc2)cc1. The van der Waals surface area contributed by atoms with Gasteiger partial charge in [0.05, 0.1) is 5.02 Å². The molecule has 0 radical (unpaired) electrons. The number of para-hydroxylation sites is 1. The van der Waals surface area contributed by atoms with Crippen molar-refractivity contribution in [2.45, 2.75) is 0 Å². The van der Waals surface area contributed by atoms with E-state index in [2.05, 4.69) is 12.1 Å². The average molecular weight is 281 g/mol. The third kappa shape index (κ3) is 2.40. The third-order valence-corrected chi connectivity index (χ3v) is 3.59. The van der Waals surface area contributed by atoms with E-state index in [9.17, 15) is 5.11 Å². The Morgan fingerprint density at radius 2 is 1.20 bits per heavy atom. The van der Waals surface area contributed by atoms with Crippen LogP contribution in [0, 0.1) is 0 Å². The summed E-state index contributed by atoms with van der Waals surface area (Å²) >= 11 is 5.94. The highest BCUT2D eigenvalue weighted by Gasteiger charge is 2.07. The Hall–Kier alpha value is -2.25. The Kier molecular flexibility index (Phi) is 3.44. The molecule has 3 aromatic carbocycles. The van der Waals surface area contributed by atoms with Gasteiger partial charge in [-0.2, -0.15) is 0 Å². The highest BCUT2D eigenvalue weighted by atomic mass is 35.5. The van der Waals surface area contributed by atoms with Gasteiger partial charge in [-0.15, -0.1) is 0 Å². The second-order valence-corrected chi connectivity index (χ2v) is 4.99. The number of hydrogen-bond donors (Lipinski definition) is 1. The Labute approximate surface area is 123 Å². The lowest BCUT2D eigenvalue weighted by Crippen LogP contribution is -1.81. The topological polar surface area (TPSA) is 20.2 Å². The molecule has 0 aromatic heterocycles. The van der Waals surface area contributed by atoms with Gasteiger partial charge >= 0.3 is 0 Å². The summed E-state index contributed by atoms with van der Waals surface area (Å²) in [6.45, 7) is 0. The summed E-state index contributed by atoms with van der Waals surface area (Å²) < 4.78 is 0. The first kappa shape index (κ1) is 12.8. The van der Waals surface area contributed by atoms with Crippen molar-refractivity contribution in [3.05, 3.63) is 77.8 Å². The number of aromatic hydroxyl groups is 1. The van der Waals surface area contributed by atoms with E-state index in [1.807, 2.05) is 54.6 Å². The van der Waals surface area contributed by atoms with Gasteiger partial charge in [0, 0.05) is 5.56 Å². The molecule has 0 heterocycles. The normalized spacial score (nSPS) is 10.4. The van der Waals surface area contributed by atoms with Crippen LogP contribution in [0.4, 0.5) is 0 Å². The second kappa shape index (κ2) is 5.40. The molecule has 0 amide bonds. The lowest BCUT2D eigenvalue weighted by molar-refractivity contribution is 0.477. The Bertz CT molecular complexity index is 718. The summed E-state index contributed by atoms with van der Waals surface area (Å²) in [4.78, 5) is 0. The lowest BCUT2D eigenvalue weighted by atomic mass is 10.00. The van der Waals surface area contributed by atoms with Crippen molar-refractivity contribution in [3.63, 3.8) is 0 Å². The molecule has 0 spiro atoms. The molecule has 0 saturated carbocycles. The summed E-state index contributed by atoms with van der Waals surface area (Å²) in [5, 5.41) is 10.4. The zero-order valence-electron chi connectivity index (χ0n) is 10.8. The van der Waals surface area contributed by atoms with Crippen LogP contribution in [-0.2, 0) is 0 Å². The van der Waals surface area contributed by atoms with E-state index in [1.165, 1.54) is 5.56 Å². The van der Waals surface area contributed by atoms with E-state index in [0.717, 1.165) is 16.7 Å². The van der Waals surface area contributed by atoms with Crippen LogP contribution in [0.1, 0.15) is 0 Å². The van der Waals surface area contributed by atoms with Gasteiger partial charge in [0.25, 0.3) is 0 Å². The molecule has 0 saturated heterocycles. The van der Waals surface area contributed by atoms with E-state index in [4.69, 9.17) is 11.6 Å². The van der Waals surface area contributed by atoms with E-state index in [-0.39, 0.29) is 5.75 Å². The van der Waals surface area contributed by atoms with Crippen LogP contribution in [-0.4, -0.2) is 5.11 Å². The summed E-state index contributed by atoms with van der Waals surface area (Å²) in [7, 11) is 0. The molecular weight excluding hydrogens is 268 g/mol. The molecule has 0 aliphatic heterocycles. The van der Waals surface area contributed by atoms with Crippen LogP contribution in [0.3, 0.4) is 0 Å². The zero-order valence-corrected chi connectivity index (χ0v) is 11.5. The number of rotatable bonds is 2. The summed E-state index contributed by atoms with van der Waals surface area (Å²) in [5.74, 6) is 0.127. The molecule has 20 heavy (non-hydrogen) atoms. The third-order valence-electron chi connectivity index (χ3n) is 3.29. The Morgan fingerprint density at radius 1 is 0.600 bits per heavy atom. The van der Waals surface area contributed by atoms with Crippen LogP contribution in [0.15, 0.2) is 72.8 Å². The fraction of sp³-hybridized carbons (Fsp3) is 0. The monoisotopic (exact) mass is 280 g/mol. The predicted molar refractivity (Wildman–Crippen MR) is 84.0 cm³/mol. The number of phenols is 1. The number of phenolic OH excluding ortho intramolecular Hbond substituents is 1. The standard InChI is InChI=1S/C18H13ClO/c19-17-8-4-7-16(18(17)20)15-11-9-14(10-12-15)13-5-2-1-3-6-13/h1-12,20H. The first-order chi connectivity index (χ1) is 9.75.